The van der Waals surface area contributed by atoms with E-state index in [2.05, 4.69) is 18.4 Å². The van der Waals surface area contributed by atoms with Crippen molar-refractivity contribution >= 4 is 39.8 Å². The lowest BCUT2D eigenvalue weighted by Crippen LogP contribution is -2.34. The average molecular weight is 306 g/mol. The molecule has 0 aromatic heterocycles. The van der Waals surface area contributed by atoms with Crippen LogP contribution in [0.5, 0.6) is 5.75 Å². The highest BCUT2D eigenvalue weighted by molar-refractivity contribution is 8.14. The highest BCUT2D eigenvalue weighted by Gasteiger charge is 2.21. The van der Waals surface area contributed by atoms with E-state index >= 15 is 0 Å². The largest absolute Gasteiger partial charge is 0.497 e. The summed E-state index contributed by atoms with van der Waals surface area (Å²) in [7, 11) is 1.67. The van der Waals surface area contributed by atoms with E-state index in [-0.39, 0.29) is 0 Å². The predicted molar refractivity (Wildman–Crippen MR) is 91.4 cm³/mol. The van der Waals surface area contributed by atoms with Gasteiger partial charge < -0.3 is 9.64 Å². The maximum atomic E-state index is 5.56. The van der Waals surface area contributed by atoms with Crippen molar-refractivity contribution in [3.63, 3.8) is 0 Å². The first-order valence-electron chi connectivity index (χ1n) is 6.49. The van der Waals surface area contributed by atoms with E-state index in [0.717, 1.165) is 45.9 Å². The van der Waals surface area contributed by atoms with Crippen molar-refractivity contribution in [1.29, 1.82) is 0 Å². The smallest absolute Gasteiger partial charge is 0.169 e. The zero-order valence-corrected chi connectivity index (χ0v) is 13.4. The molecule has 1 aliphatic heterocycles. The number of hydrogen-bond acceptors (Lipinski definition) is 4. The number of benzene rings is 1. The number of methoxy groups -OCH3 is 1. The third kappa shape index (κ3) is 3.22. The number of rotatable bonds is 4. The molecular weight excluding hydrogens is 288 g/mol. The Labute approximate surface area is 129 Å². The van der Waals surface area contributed by atoms with Crippen molar-refractivity contribution in [3.8, 4) is 5.75 Å². The Bertz CT molecular complexity index is 555. The molecule has 0 saturated heterocycles. The van der Waals surface area contributed by atoms with Gasteiger partial charge in [-0.2, -0.15) is 0 Å². The van der Waals surface area contributed by atoms with Crippen LogP contribution >= 0.6 is 24.0 Å². The molecular formula is C15H18N2OS2. The summed E-state index contributed by atoms with van der Waals surface area (Å²) in [4.78, 5) is 7.76. The van der Waals surface area contributed by atoms with Crippen LogP contribution in [0, 0.1) is 0 Å². The third-order valence-electron chi connectivity index (χ3n) is 3.02. The Balaban J connectivity index is 2.42. The molecule has 0 aliphatic carbocycles. The van der Waals surface area contributed by atoms with Gasteiger partial charge in [0, 0.05) is 18.7 Å². The van der Waals surface area contributed by atoms with Crippen LogP contribution in [-0.4, -0.2) is 34.5 Å². The minimum atomic E-state index is 0.720. The topological polar surface area (TPSA) is 24.8 Å². The first-order valence-corrected chi connectivity index (χ1v) is 7.88. The number of ether oxygens (including phenoxy) is 1. The van der Waals surface area contributed by atoms with E-state index in [1.807, 2.05) is 24.3 Å². The monoisotopic (exact) mass is 306 g/mol. The second-order valence-corrected chi connectivity index (χ2v) is 5.76. The summed E-state index contributed by atoms with van der Waals surface area (Å²) in [6.45, 7) is 6.68. The summed E-state index contributed by atoms with van der Waals surface area (Å²) < 4.78 is 5.28. The highest BCUT2D eigenvalue weighted by atomic mass is 32.2. The molecule has 1 heterocycles. The number of fused-ring (bicyclic) bond motifs is 1. The van der Waals surface area contributed by atoms with Gasteiger partial charge in [-0.3, -0.25) is 0 Å². The van der Waals surface area contributed by atoms with Crippen LogP contribution in [0.2, 0.25) is 0 Å². The molecule has 1 aliphatic rings. The number of nitrogens with zero attached hydrogens (tertiary/aromatic N) is 2. The molecule has 20 heavy (non-hydrogen) atoms. The Kier molecular flexibility index (Phi) is 5.20. The molecule has 2 rings (SSSR count). The van der Waals surface area contributed by atoms with Gasteiger partial charge in [-0.25, -0.2) is 4.99 Å². The summed E-state index contributed by atoms with van der Waals surface area (Å²) in [5, 5.41) is 0.946. The summed E-state index contributed by atoms with van der Waals surface area (Å²) in [6, 6.07) is 5.94. The fraction of sp³-hybridized carbons (Fsp3) is 0.333. The van der Waals surface area contributed by atoms with Crippen molar-refractivity contribution in [1.82, 2.24) is 4.90 Å². The molecule has 1 aromatic carbocycles. The van der Waals surface area contributed by atoms with E-state index in [9.17, 15) is 0 Å². The zero-order chi connectivity index (χ0) is 14.5. The summed E-state index contributed by atoms with van der Waals surface area (Å²) in [5.74, 6) is 1.66. The van der Waals surface area contributed by atoms with Crippen molar-refractivity contribution < 1.29 is 4.74 Å². The molecule has 0 fully saturated rings. The predicted octanol–water partition coefficient (Wildman–Crippen LogP) is 3.81. The number of aliphatic imine (C=N–C) groups is 1. The minimum Gasteiger partial charge on any atom is -0.497 e. The molecule has 0 radical (unpaired) electrons. The van der Waals surface area contributed by atoms with Crippen LogP contribution in [0.25, 0.3) is 0 Å². The van der Waals surface area contributed by atoms with Crippen LogP contribution < -0.4 is 4.74 Å². The van der Waals surface area contributed by atoms with Gasteiger partial charge in [-0.1, -0.05) is 30.1 Å². The number of hydrogen-bond donors (Lipinski definition) is 0. The van der Waals surface area contributed by atoms with Gasteiger partial charge in [0.1, 0.15) is 5.75 Å². The molecule has 0 unspecified atom stereocenters. The second-order valence-electron chi connectivity index (χ2n) is 4.30. The van der Waals surface area contributed by atoms with E-state index in [1.54, 1.807) is 18.9 Å². The quantitative estimate of drug-likeness (QED) is 0.624. The van der Waals surface area contributed by atoms with Gasteiger partial charge in [0.25, 0.3) is 0 Å². The van der Waals surface area contributed by atoms with Crippen LogP contribution in [0.15, 0.2) is 35.8 Å². The molecule has 5 heteroatoms. The molecule has 0 N–H and O–H groups in total. The molecule has 0 saturated carbocycles. The van der Waals surface area contributed by atoms with E-state index in [0.29, 0.717) is 0 Å². The zero-order valence-electron chi connectivity index (χ0n) is 11.8. The van der Waals surface area contributed by atoms with Crippen molar-refractivity contribution in [3.05, 3.63) is 36.4 Å². The van der Waals surface area contributed by atoms with Crippen LogP contribution in [0.1, 0.15) is 12.5 Å². The van der Waals surface area contributed by atoms with E-state index in [4.69, 9.17) is 21.9 Å². The fourth-order valence-corrected chi connectivity index (χ4v) is 3.28. The summed E-state index contributed by atoms with van der Waals surface area (Å²) in [6.07, 6.45) is 2.60. The van der Waals surface area contributed by atoms with Gasteiger partial charge in [-0.05, 0) is 30.7 Å². The molecule has 0 amide bonds. The lowest BCUT2D eigenvalue weighted by Gasteiger charge is -2.22. The van der Waals surface area contributed by atoms with Gasteiger partial charge in [0.2, 0.25) is 0 Å². The maximum absolute atomic E-state index is 5.56. The number of likely N-dealkylation sites (N-methyl/N-ethyl adjacent to an activating group) is 1. The lowest BCUT2D eigenvalue weighted by molar-refractivity contribution is 0.414. The SMILES string of the molecule is C=CCSC1=Nc2ccc(OC)cc2CC(=S)N1CC. The van der Waals surface area contributed by atoms with Gasteiger partial charge in [0.15, 0.2) is 5.17 Å². The third-order valence-corrected chi connectivity index (χ3v) is 4.36. The maximum Gasteiger partial charge on any atom is 0.169 e. The van der Waals surface area contributed by atoms with Crippen LogP contribution in [-0.2, 0) is 6.42 Å². The standard InChI is InChI=1S/C15H18N2OS2/c1-4-8-20-15-16-13-7-6-12(18-3)9-11(13)10-14(19)17(15)5-2/h4,6-7,9H,1,5,8,10H2,2-3H3. The Hall–Kier alpha value is -1.33. The van der Waals surface area contributed by atoms with E-state index < -0.39 is 0 Å². The Morgan fingerprint density at radius 2 is 2.35 bits per heavy atom. The van der Waals surface area contributed by atoms with Crippen molar-refractivity contribution in [2.24, 2.45) is 4.99 Å². The van der Waals surface area contributed by atoms with E-state index in [1.165, 1.54) is 0 Å². The Morgan fingerprint density at radius 1 is 1.55 bits per heavy atom. The highest BCUT2D eigenvalue weighted by Crippen LogP contribution is 2.30. The van der Waals surface area contributed by atoms with Crippen molar-refractivity contribution in [2.45, 2.75) is 13.3 Å². The fourth-order valence-electron chi connectivity index (χ4n) is 2.02. The van der Waals surface area contributed by atoms with Crippen molar-refractivity contribution in [2.75, 3.05) is 19.4 Å². The minimum absolute atomic E-state index is 0.720. The van der Waals surface area contributed by atoms with Gasteiger partial charge in [-0.15, -0.1) is 6.58 Å². The average Bonchev–Trinajstić information content (AvgIpc) is 2.59. The molecule has 106 valence electrons. The number of thioether (sulfide) groups is 1. The Morgan fingerprint density at radius 3 is 3.00 bits per heavy atom. The lowest BCUT2D eigenvalue weighted by atomic mass is 10.1. The summed E-state index contributed by atoms with van der Waals surface area (Å²) >= 11 is 7.22. The summed E-state index contributed by atoms with van der Waals surface area (Å²) in [5.41, 5.74) is 2.08. The molecule has 1 aromatic rings. The number of amidine groups is 1. The second kappa shape index (κ2) is 6.90. The molecule has 0 bridgehead atoms. The van der Waals surface area contributed by atoms with Gasteiger partial charge in [0.05, 0.1) is 17.8 Å². The first-order chi connectivity index (χ1) is 9.69. The molecule has 0 atom stereocenters. The van der Waals surface area contributed by atoms with Gasteiger partial charge >= 0.3 is 0 Å². The normalized spacial score (nSPS) is 14.4. The van der Waals surface area contributed by atoms with Crippen LogP contribution in [0.4, 0.5) is 5.69 Å². The first kappa shape index (κ1) is 15.1. The molecule has 0 spiro atoms. The van der Waals surface area contributed by atoms with Crippen LogP contribution in [0.3, 0.4) is 0 Å². The number of thiocarbonyl (C=S) groups is 1. The molecule has 3 nitrogen and oxygen atoms in total.